The van der Waals surface area contributed by atoms with Crippen LogP contribution in [0.25, 0.3) is 0 Å². The highest BCUT2D eigenvalue weighted by Crippen LogP contribution is 2.68. The van der Waals surface area contributed by atoms with Crippen LogP contribution in [-0.4, -0.2) is 35.0 Å². The van der Waals surface area contributed by atoms with Crippen molar-refractivity contribution in [3.05, 3.63) is 12.7 Å². The zero-order valence-corrected chi connectivity index (χ0v) is 16.8. The summed E-state index contributed by atoms with van der Waals surface area (Å²) in [7, 11) is 0. The molecule has 4 nitrogen and oxygen atoms in total. The molecule has 0 aromatic heterocycles. The van der Waals surface area contributed by atoms with Crippen LogP contribution >= 0.6 is 0 Å². The third-order valence-electron chi connectivity index (χ3n) is 8.93. The van der Waals surface area contributed by atoms with Crippen LogP contribution in [0.5, 0.6) is 0 Å². The van der Waals surface area contributed by atoms with E-state index in [1.165, 1.54) is 6.42 Å². The van der Waals surface area contributed by atoms with Crippen molar-refractivity contribution in [2.75, 3.05) is 6.61 Å². The van der Waals surface area contributed by atoms with E-state index in [0.29, 0.717) is 18.3 Å². The number of aliphatic hydroxyl groups is 2. The van der Waals surface area contributed by atoms with Crippen LogP contribution in [0, 0.1) is 34.0 Å². The first kappa shape index (κ1) is 19.9. The van der Waals surface area contributed by atoms with E-state index in [0.717, 1.165) is 25.7 Å². The molecular weight excluding hydrogens is 328 g/mol. The van der Waals surface area contributed by atoms with Crippen LogP contribution in [0.2, 0.25) is 0 Å². The van der Waals surface area contributed by atoms with E-state index in [2.05, 4.69) is 27.4 Å². The summed E-state index contributed by atoms with van der Waals surface area (Å²) < 4.78 is 5.87. The van der Waals surface area contributed by atoms with Gasteiger partial charge >= 0.3 is 5.97 Å². The molecule has 0 amide bonds. The summed E-state index contributed by atoms with van der Waals surface area (Å²) in [5, 5.41) is 20.6. The Morgan fingerprint density at radius 2 is 1.96 bits per heavy atom. The number of esters is 1. The van der Waals surface area contributed by atoms with E-state index in [1.54, 1.807) is 0 Å². The fourth-order valence-electron chi connectivity index (χ4n) is 6.98. The summed E-state index contributed by atoms with van der Waals surface area (Å²) >= 11 is 0. The van der Waals surface area contributed by atoms with Gasteiger partial charge in [0.05, 0.1) is 6.10 Å². The van der Waals surface area contributed by atoms with E-state index < -0.39 is 24.1 Å². The number of carbonyl (C=O) groups excluding carboxylic acids is 1. The SMILES string of the molecule is C=C[C@]1(C)C[C@@H](OC(=O)CO)[C@]2(C)[C@H](C)CC[C@]3(CCC[C@@H]32)[C@@H](C)[C@@H]1O. The summed E-state index contributed by atoms with van der Waals surface area (Å²) in [4.78, 5) is 12.1. The predicted octanol–water partition coefficient (Wildman–Crippen LogP) is 3.71. The van der Waals surface area contributed by atoms with Crippen molar-refractivity contribution in [2.24, 2.45) is 34.0 Å². The fraction of sp³-hybridized carbons (Fsp3) is 0.864. The number of ether oxygens (including phenoxy) is 1. The van der Waals surface area contributed by atoms with Crippen molar-refractivity contribution in [1.82, 2.24) is 0 Å². The van der Waals surface area contributed by atoms with E-state index in [1.807, 2.05) is 13.0 Å². The maximum absolute atomic E-state index is 12.1. The number of carbonyl (C=O) groups is 1. The maximum Gasteiger partial charge on any atom is 0.332 e. The van der Waals surface area contributed by atoms with Crippen molar-refractivity contribution in [3.8, 4) is 0 Å². The molecule has 0 unspecified atom stereocenters. The first-order valence-corrected chi connectivity index (χ1v) is 10.3. The monoisotopic (exact) mass is 364 g/mol. The summed E-state index contributed by atoms with van der Waals surface area (Å²) in [5.41, 5.74) is -0.549. The molecule has 3 saturated carbocycles. The van der Waals surface area contributed by atoms with Gasteiger partial charge in [0.25, 0.3) is 0 Å². The first-order chi connectivity index (χ1) is 12.2. The largest absolute Gasteiger partial charge is 0.460 e. The first-order valence-electron chi connectivity index (χ1n) is 10.3. The Bertz CT molecular complexity index is 574. The minimum Gasteiger partial charge on any atom is -0.460 e. The molecule has 3 aliphatic rings. The highest BCUT2D eigenvalue weighted by atomic mass is 16.6. The standard InChI is InChI=1S/C22H36O4/c1-6-20(4)12-17(26-18(24)13-23)21(5)14(2)9-11-22(15(3)19(20)25)10-7-8-16(21)22/h6,14-17,19,23,25H,1,7-13H2,2-5H3/t14-,15+,16-,17-,19+,20-,21-,22-/m1/s1. The molecule has 0 aliphatic heterocycles. The molecule has 3 aliphatic carbocycles. The average Bonchev–Trinajstić information content (AvgIpc) is 3.08. The molecule has 4 heteroatoms. The topological polar surface area (TPSA) is 66.8 Å². The molecule has 0 saturated heterocycles. The maximum atomic E-state index is 12.1. The van der Waals surface area contributed by atoms with E-state index in [9.17, 15) is 15.0 Å². The van der Waals surface area contributed by atoms with Gasteiger partial charge in [-0.3, -0.25) is 0 Å². The van der Waals surface area contributed by atoms with Crippen molar-refractivity contribution >= 4 is 5.97 Å². The minimum absolute atomic E-state index is 0.106. The van der Waals surface area contributed by atoms with Crippen molar-refractivity contribution in [3.63, 3.8) is 0 Å². The van der Waals surface area contributed by atoms with Crippen molar-refractivity contribution in [2.45, 2.75) is 78.4 Å². The molecule has 0 radical (unpaired) electrons. The summed E-state index contributed by atoms with van der Waals surface area (Å²) in [6, 6.07) is 0. The zero-order chi connectivity index (χ0) is 19.3. The van der Waals surface area contributed by atoms with Gasteiger partial charge in [-0.25, -0.2) is 4.79 Å². The number of hydrogen-bond acceptors (Lipinski definition) is 4. The van der Waals surface area contributed by atoms with Gasteiger partial charge in [-0.1, -0.05) is 40.2 Å². The molecule has 0 spiro atoms. The normalized spacial score (nSPS) is 51.1. The van der Waals surface area contributed by atoms with Crippen molar-refractivity contribution in [1.29, 1.82) is 0 Å². The number of aliphatic hydroxyl groups excluding tert-OH is 2. The van der Waals surface area contributed by atoms with Crippen LogP contribution in [-0.2, 0) is 9.53 Å². The van der Waals surface area contributed by atoms with E-state index in [-0.39, 0.29) is 22.9 Å². The molecule has 2 N–H and O–H groups in total. The summed E-state index contributed by atoms with van der Waals surface area (Å²) in [6.07, 6.45) is 7.28. The predicted molar refractivity (Wildman–Crippen MR) is 101 cm³/mol. The van der Waals surface area contributed by atoms with Crippen LogP contribution in [0.15, 0.2) is 12.7 Å². The molecular formula is C22H36O4. The van der Waals surface area contributed by atoms with Gasteiger partial charge in [0.2, 0.25) is 0 Å². The highest BCUT2D eigenvalue weighted by molar-refractivity contribution is 5.70. The second-order valence-electron chi connectivity index (χ2n) is 9.77. The van der Waals surface area contributed by atoms with Crippen LogP contribution in [0.3, 0.4) is 0 Å². The number of hydrogen-bond donors (Lipinski definition) is 2. The lowest BCUT2D eigenvalue weighted by atomic mass is 9.44. The smallest absolute Gasteiger partial charge is 0.332 e. The van der Waals surface area contributed by atoms with Gasteiger partial charge in [0.15, 0.2) is 0 Å². The summed E-state index contributed by atoms with van der Waals surface area (Å²) in [6.45, 7) is 12.3. The van der Waals surface area contributed by atoms with Crippen LogP contribution in [0.4, 0.5) is 0 Å². The second-order valence-corrected chi connectivity index (χ2v) is 9.77. The van der Waals surface area contributed by atoms with Crippen LogP contribution in [0.1, 0.15) is 66.2 Å². The Kier molecular flexibility index (Phi) is 5.07. The highest BCUT2D eigenvalue weighted by Gasteiger charge is 2.65. The van der Waals surface area contributed by atoms with Gasteiger partial charge in [-0.2, -0.15) is 0 Å². The Labute approximate surface area is 158 Å². The lowest BCUT2D eigenvalue weighted by Crippen LogP contribution is -2.61. The molecule has 148 valence electrons. The Morgan fingerprint density at radius 3 is 2.58 bits per heavy atom. The van der Waals surface area contributed by atoms with E-state index >= 15 is 0 Å². The minimum atomic E-state index is -0.597. The molecule has 3 rings (SSSR count). The van der Waals surface area contributed by atoms with Crippen LogP contribution < -0.4 is 0 Å². The van der Waals surface area contributed by atoms with Gasteiger partial charge in [0, 0.05) is 10.8 Å². The fourth-order valence-corrected chi connectivity index (χ4v) is 6.98. The third kappa shape index (κ3) is 2.59. The van der Waals surface area contributed by atoms with Gasteiger partial charge in [-0.05, 0) is 55.3 Å². The van der Waals surface area contributed by atoms with Crippen molar-refractivity contribution < 1.29 is 19.7 Å². The lowest BCUT2D eigenvalue weighted by Gasteiger charge is -2.62. The molecule has 0 aromatic rings. The average molecular weight is 365 g/mol. The van der Waals surface area contributed by atoms with E-state index in [4.69, 9.17) is 4.74 Å². The summed E-state index contributed by atoms with van der Waals surface area (Å²) in [5.74, 6) is 0.507. The Balaban J connectivity index is 2.15. The Morgan fingerprint density at radius 1 is 1.27 bits per heavy atom. The van der Waals surface area contributed by atoms with Gasteiger partial charge in [0.1, 0.15) is 12.7 Å². The van der Waals surface area contributed by atoms with Gasteiger partial charge < -0.3 is 14.9 Å². The zero-order valence-electron chi connectivity index (χ0n) is 16.8. The second kappa shape index (κ2) is 6.63. The number of rotatable bonds is 3. The molecule has 0 aromatic carbocycles. The lowest BCUT2D eigenvalue weighted by molar-refractivity contribution is -0.208. The Hall–Kier alpha value is -0.870. The third-order valence-corrected chi connectivity index (χ3v) is 8.93. The molecule has 3 fully saturated rings. The van der Waals surface area contributed by atoms with Gasteiger partial charge in [-0.15, -0.1) is 6.58 Å². The molecule has 2 bridgehead atoms. The molecule has 26 heavy (non-hydrogen) atoms. The molecule has 8 atom stereocenters. The quantitative estimate of drug-likeness (QED) is 0.592. The molecule has 0 heterocycles.